The van der Waals surface area contributed by atoms with E-state index in [9.17, 15) is 13.2 Å². The molecule has 1 atom stereocenters. The first-order valence-corrected chi connectivity index (χ1v) is 9.11. The lowest BCUT2D eigenvalue weighted by atomic mass is 10.1. The first-order chi connectivity index (χ1) is 10.8. The summed E-state index contributed by atoms with van der Waals surface area (Å²) >= 11 is 0. The standard InChI is InChI=1S/C17H21NO4S/c1-5-23(20,21)16-9-7-6-8-14(16)17(19)18-12(3)15-10-11(2)22-13(15)4/h6-10,12H,5H2,1-4H3,(H,18,19)/t12-/m1/s1. The van der Waals surface area contributed by atoms with E-state index in [0.29, 0.717) is 0 Å². The maximum absolute atomic E-state index is 12.5. The van der Waals surface area contributed by atoms with Crippen LogP contribution in [0.2, 0.25) is 0 Å². The molecule has 1 heterocycles. The molecular formula is C17H21NO4S. The Balaban J connectivity index is 2.30. The highest BCUT2D eigenvalue weighted by atomic mass is 32.2. The molecule has 0 aliphatic heterocycles. The van der Waals surface area contributed by atoms with Gasteiger partial charge in [0.25, 0.3) is 5.91 Å². The fourth-order valence-corrected chi connectivity index (χ4v) is 3.61. The summed E-state index contributed by atoms with van der Waals surface area (Å²) < 4.78 is 29.8. The zero-order valence-electron chi connectivity index (χ0n) is 13.7. The van der Waals surface area contributed by atoms with Crippen molar-refractivity contribution in [1.29, 1.82) is 0 Å². The summed E-state index contributed by atoms with van der Waals surface area (Å²) in [7, 11) is -3.46. The Kier molecular flexibility index (Phi) is 4.94. The van der Waals surface area contributed by atoms with E-state index in [-0.39, 0.29) is 22.3 Å². The van der Waals surface area contributed by atoms with Crippen LogP contribution in [-0.2, 0) is 9.84 Å². The van der Waals surface area contributed by atoms with Crippen LogP contribution in [0.4, 0.5) is 0 Å². The van der Waals surface area contributed by atoms with E-state index in [4.69, 9.17) is 4.42 Å². The fourth-order valence-electron chi connectivity index (χ4n) is 2.51. The van der Waals surface area contributed by atoms with E-state index in [2.05, 4.69) is 5.32 Å². The molecule has 0 aliphatic carbocycles. The number of hydrogen-bond donors (Lipinski definition) is 1. The summed E-state index contributed by atoms with van der Waals surface area (Å²) in [5.74, 6) is 1.05. The van der Waals surface area contributed by atoms with Crippen molar-refractivity contribution in [3.05, 3.63) is 53.0 Å². The predicted molar refractivity (Wildman–Crippen MR) is 88.2 cm³/mol. The number of carbonyl (C=O) groups is 1. The second kappa shape index (κ2) is 6.58. The summed E-state index contributed by atoms with van der Waals surface area (Å²) in [5.41, 5.74) is 1.05. The molecule has 1 N–H and O–H groups in total. The van der Waals surface area contributed by atoms with Gasteiger partial charge >= 0.3 is 0 Å². The third kappa shape index (κ3) is 3.64. The highest BCUT2D eigenvalue weighted by molar-refractivity contribution is 7.91. The van der Waals surface area contributed by atoms with Gasteiger partial charge in [-0.25, -0.2) is 8.42 Å². The number of nitrogens with one attached hydrogen (secondary N) is 1. The largest absolute Gasteiger partial charge is 0.466 e. The van der Waals surface area contributed by atoms with Crippen LogP contribution in [0.3, 0.4) is 0 Å². The Morgan fingerprint density at radius 1 is 1.26 bits per heavy atom. The van der Waals surface area contributed by atoms with Crippen molar-refractivity contribution >= 4 is 15.7 Å². The van der Waals surface area contributed by atoms with Crippen LogP contribution >= 0.6 is 0 Å². The van der Waals surface area contributed by atoms with Crippen molar-refractivity contribution in [2.24, 2.45) is 0 Å². The average molecular weight is 335 g/mol. The Morgan fingerprint density at radius 3 is 2.48 bits per heavy atom. The van der Waals surface area contributed by atoms with Gasteiger partial charge in [0.1, 0.15) is 11.5 Å². The number of aryl methyl sites for hydroxylation is 2. The molecule has 1 aromatic heterocycles. The zero-order valence-corrected chi connectivity index (χ0v) is 14.5. The van der Waals surface area contributed by atoms with Crippen LogP contribution in [0.1, 0.15) is 47.3 Å². The molecule has 0 saturated carbocycles. The van der Waals surface area contributed by atoms with Crippen LogP contribution in [0.15, 0.2) is 39.6 Å². The summed E-state index contributed by atoms with van der Waals surface area (Å²) in [5, 5.41) is 2.84. The summed E-state index contributed by atoms with van der Waals surface area (Å²) in [6, 6.07) is 7.85. The van der Waals surface area contributed by atoms with Gasteiger partial charge in [-0.05, 0) is 39.0 Å². The van der Waals surface area contributed by atoms with E-state index in [1.54, 1.807) is 19.1 Å². The molecule has 0 bridgehead atoms. The molecular weight excluding hydrogens is 314 g/mol. The second-order valence-electron chi connectivity index (χ2n) is 5.46. The number of sulfone groups is 1. The lowest BCUT2D eigenvalue weighted by Crippen LogP contribution is -2.28. The Labute approximate surface area is 136 Å². The maximum atomic E-state index is 12.5. The molecule has 0 fully saturated rings. The van der Waals surface area contributed by atoms with Crippen LogP contribution < -0.4 is 5.32 Å². The van der Waals surface area contributed by atoms with Crippen LogP contribution in [0.25, 0.3) is 0 Å². The van der Waals surface area contributed by atoms with Gasteiger partial charge in [-0.15, -0.1) is 0 Å². The highest BCUT2D eigenvalue weighted by Crippen LogP contribution is 2.23. The summed E-state index contributed by atoms with van der Waals surface area (Å²) in [6.45, 7) is 7.07. The molecule has 23 heavy (non-hydrogen) atoms. The van der Waals surface area contributed by atoms with Crippen molar-refractivity contribution in [3.63, 3.8) is 0 Å². The Morgan fingerprint density at radius 2 is 1.91 bits per heavy atom. The molecule has 1 amide bonds. The van der Waals surface area contributed by atoms with E-state index < -0.39 is 15.7 Å². The molecule has 0 radical (unpaired) electrons. The van der Waals surface area contributed by atoms with Crippen LogP contribution in [-0.4, -0.2) is 20.1 Å². The van der Waals surface area contributed by atoms with E-state index in [1.807, 2.05) is 26.8 Å². The first kappa shape index (κ1) is 17.3. The van der Waals surface area contributed by atoms with Crippen molar-refractivity contribution in [1.82, 2.24) is 5.32 Å². The third-order valence-electron chi connectivity index (χ3n) is 3.74. The number of benzene rings is 1. The lowest BCUT2D eigenvalue weighted by Gasteiger charge is -2.15. The zero-order chi connectivity index (χ0) is 17.2. The number of carbonyl (C=O) groups excluding carboxylic acids is 1. The van der Waals surface area contributed by atoms with Gasteiger partial charge in [-0.3, -0.25) is 4.79 Å². The minimum Gasteiger partial charge on any atom is -0.466 e. The highest BCUT2D eigenvalue weighted by Gasteiger charge is 2.22. The average Bonchev–Trinajstić information content (AvgIpc) is 2.86. The molecule has 2 rings (SSSR count). The predicted octanol–water partition coefficient (Wildman–Crippen LogP) is 3.18. The van der Waals surface area contributed by atoms with Gasteiger partial charge in [0.05, 0.1) is 22.3 Å². The van der Waals surface area contributed by atoms with E-state index in [0.717, 1.165) is 17.1 Å². The van der Waals surface area contributed by atoms with Gasteiger partial charge in [0.2, 0.25) is 0 Å². The molecule has 5 nitrogen and oxygen atoms in total. The number of amides is 1. The summed E-state index contributed by atoms with van der Waals surface area (Å²) in [6.07, 6.45) is 0. The topological polar surface area (TPSA) is 76.4 Å². The molecule has 6 heteroatoms. The van der Waals surface area contributed by atoms with Gasteiger partial charge in [0, 0.05) is 5.56 Å². The molecule has 124 valence electrons. The lowest BCUT2D eigenvalue weighted by molar-refractivity contribution is 0.0936. The van der Waals surface area contributed by atoms with Crippen molar-refractivity contribution in [3.8, 4) is 0 Å². The first-order valence-electron chi connectivity index (χ1n) is 7.46. The van der Waals surface area contributed by atoms with Crippen LogP contribution in [0, 0.1) is 13.8 Å². The van der Waals surface area contributed by atoms with E-state index >= 15 is 0 Å². The minimum atomic E-state index is -3.46. The van der Waals surface area contributed by atoms with Gasteiger partial charge in [-0.1, -0.05) is 19.1 Å². The molecule has 0 spiro atoms. The van der Waals surface area contributed by atoms with Gasteiger partial charge in [0.15, 0.2) is 9.84 Å². The third-order valence-corrected chi connectivity index (χ3v) is 5.53. The SMILES string of the molecule is CCS(=O)(=O)c1ccccc1C(=O)N[C@H](C)c1cc(C)oc1C. The molecule has 1 aromatic carbocycles. The monoisotopic (exact) mass is 335 g/mol. The second-order valence-corrected chi connectivity index (χ2v) is 7.71. The van der Waals surface area contributed by atoms with E-state index in [1.165, 1.54) is 12.1 Å². The van der Waals surface area contributed by atoms with Crippen molar-refractivity contribution in [2.45, 2.75) is 38.6 Å². The van der Waals surface area contributed by atoms with Crippen molar-refractivity contribution < 1.29 is 17.6 Å². The van der Waals surface area contributed by atoms with Crippen LogP contribution in [0.5, 0.6) is 0 Å². The smallest absolute Gasteiger partial charge is 0.253 e. The Bertz CT molecular complexity index is 821. The fraction of sp³-hybridized carbons (Fsp3) is 0.353. The Hall–Kier alpha value is -2.08. The normalized spacial score (nSPS) is 12.9. The molecule has 0 saturated heterocycles. The van der Waals surface area contributed by atoms with Crippen molar-refractivity contribution in [2.75, 3.05) is 5.75 Å². The molecule has 0 aliphatic rings. The van der Waals surface area contributed by atoms with Gasteiger partial charge in [-0.2, -0.15) is 0 Å². The quantitative estimate of drug-likeness (QED) is 0.910. The molecule has 2 aromatic rings. The minimum absolute atomic E-state index is 0.0487. The summed E-state index contributed by atoms with van der Waals surface area (Å²) in [4.78, 5) is 12.6. The number of hydrogen-bond acceptors (Lipinski definition) is 4. The maximum Gasteiger partial charge on any atom is 0.253 e. The van der Waals surface area contributed by atoms with Gasteiger partial charge < -0.3 is 9.73 Å². The number of furan rings is 1. The molecule has 0 unspecified atom stereocenters. The number of rotatable bonds is 5.